The zero-order valence-electron chi connectivity index (χ0n) is 9.91. The van der Waals surface area contributed by atoms with E-state index in [0.717, 1.165) is 17.8 Å². The third-order valence-electron chi connectivity index (χ3n) is 3.57. The van der Waals surface area contributed by atoms with Crippen molar-refractivity contribution in [2.24, 2.45) is 0 Å². The molecule has 0 aromatic heterocycles. The molecule has 0 spiro atoms. The number of rotatable bonds is 2. The lowest BCUT2D eigenvalue weighted by Crippen LogP contribution is -2.34. The van der Waals surface area contributed by atoms with E-state index in [-0.39, 0.29) is 0 Å². The molecule has 2 nitrogen and oxygen atoms in total. The first-order valence-corrected chi connectivity index (χ1v) is 6.35. The summed E-state index contributed by atoms with van der Waals surface area (Å²) in [5.41, 5.74) is 7.89. The Hall–Kier alpha value is -0.890. The van der Waals surface area contributed by atoms with Crippen molar-refractivity contribution in [1.29, 1.82) is 0 Å². The SMILES string of the molecule is CCC1CCC(C)N1c1cccc(Cl)c1N. The number of anilines is 2. The van der Waals surface area contributed by atoms with Gasteiger partial charge in [0.15, 0.2) is 0 Å². The summed E-state index contributed by atoms with van der Waals surface area (Å²) in [4.78, 5) is 2.43. The fourth-order valence-corrected chi connectivity index (χ4v) is 2.83. The molecule has 16 heavy (non-hydrogen) atoms. The predicted molar refractivity (Wildman–Crippen MR) is 71.1 cm³/mol. The quantitative estimate of drug-likeness (QED) is 0.797. The molecule has 1 saturated heterocycles. The van der Waals surface area contributed by atoms with Gasteiger partial charge in [0.2, 0.25) is 0 Å². The minimum absolute atomic E-state index is 0.561. The highest BCUT2D eigenvalue weighted by atomic mass is 35.5. The Morgan fingerprint density at radius 1 is 1.44 bits per heavy atom. The van der Waals surface area contributed by atoms with Gasteiger partial charge < -0.3 is 10.6 Å². The second-order valence-electron chi connectivity index (χ2n) is 4.57. The molecule has 1 aromatic carbocycles. The fraction of sp³-hybridized carbons (Fsp3) is 0.538. The van der Waals surface area contributed by atoms with Crippen molar-refractivity contribution in [1.82, 2.24) is 0 Å². The molecule has 0 bridgehead atoms. The van der Waals surface area contributed by atoms with Gasteiger partial charge in [-0.3, -0.25) is 0 Å². The maximum Gasteiger partial charge on any atom is 0.0741 e. The van der Waals surface area contributed by atoms with Gasteiger partial charge in [-0.15, -0.1) is 0 Å². The summed E-state index contributed by atoms with van der Waals surface area (Å²) in [6.45, 7) is 4.49. The molecule has 2 atom stereocenters. The minimum Gasteiger partial charge on any atom is -0.396 e. The van der Waals surface area contributed by atoms with E-state index >= 15 is 0 Å². The van der Waals surface area contributed by atoms with E-state index in [1.165, 1.54) is 12.8 Å². The molecule has 1 aliphatic heterocycles. The number of nitrogens with two attached hydrogens (primary N) is 1. The Morgan fingerprint density at radius 2 is 2.19 bits per heavy atom. The van der Waals surface area contributed by atoms with Gasteiger partial charge in [-0.25, -0.2) is 0 Å². The first-order valence-electron chi connectivity index (χ1n) is 5.97. The van der Waals surface area contributed by atoms with Crippen molar-refractivity contribution >= 4 is 23.0 Å². The zero-order chi connectivity index (χ0) is 11.7. The fourth-order valence-electron chi connectivity index (χ4n) is 2.66. The maximum atomic E-state index is 6.08. The van der Waals surface area contributed by atoms with Crippen LogP contribution >= 0.6 is 11.6 Å². The summed E-state index contributed by atoms with van der Waals surface area (Å²) in [6, 6.07) is 7.07. The van der Waals surface area contributed by atoms with E-state index in [4.69, 9.17) is 17.3 Å². The number of para-hydroxylation sites is 1. The number of hydrogen-bond donors (Lipinski definition) is 1. The van der Waals surface area contributed by atoms with Crippen LogP contribution in [0, 0.1) is 0 Å². The van der Waals surface area contributed by atoms with Crippen LogP contribution in [0.3, 0.4) is 0 Å². The molecule has 0 radical (unpaired) electrons. The van der Waals surface area contributed by atoms with Crippen molar-refractivity contribution in [3.63, 3.8) is 0 Å². The monoisotopic (exact) mass is 238 g/mol. The van der Waals surface area contributed by atoms with E-state index in [9.17, 15) is 0 Å². The Morgan fingerprint density at radius 3 is 2.88 bits per heavy atom. The third-order valence-corrected chi connectivity index (χ3v) is 3.89. The van der Waals surface area contributed by atoms with Gasteiger partial charge >= 0.3 is 0 Å². The lowest BCUT2D eigenvalue weighted by atomic mass is 10.1. The number of hydrogen-bond acceptors (Lipinski definition) is 2. The predicted octanol–water partition coefficient (Wildman–Crippen LogP) is 3.69. The number of nitrogen functional groups attached to an aromatic ring is 1. The van der Waals surface area contributed by atoms with Crippen molar-refractivity contribution in [3.05, 3.63) is 23.2 Å². The van der Waals surface area contributed by atoms with Crippen molar-refractivity contribution in [3.8, 4) is 0 Å². The molecule has 2 N–H and O–H groups in total. The molecule has 1 aromatic rings. The second-order valence-corrected chi connectivity index (χ2v) is 4.98. The minimum atomic E-state index is 0.561. The van der Waals surface area contributed by atoms with Crippen molar-refractivity contribution < 1.29 is 0 Å². The summed E-state index contributed by atoms with van der Waals surface area (Å²) >= 11 is 6.08. The maximum absolute atomic E-state index is 6.08. The van der Waals surface area contributed by atoms with Crippen LogP contribution in [-0.2, 0) is 0 Å². The molecule has 0 saturated carbocycles. The Balaban J connectivity index is 2.38. The molecule has 1 heterocycles. The summed E-state index contributed by atoms with van der Waals surface area (Å²) in [6.07, 6.45) is 3.66. The molecule has 1 aliphatic rings. The van der Waals surface area contributed by atoms with Gasteiger partial charge in [-0.05, 0) is 38.3 Å². The standard InChI is InChI=1S/C13H19ClN2/c1-3-10-8-7-9(2)16(10)12-6-4-5-11(14)13(12)15/h4-6,9-10H,3,7-8,15H2,1-2H3. The Bertz CT molecular complexity index is 378. The molecule has 0 amide bonds. The lowest BCUT2D eigenvalue weighted by molar-refractivity contribution is 0.629. The van der Waals surface area contributed by atoms with E-state index in [0.29, 0.717) is 17.1 Å². The average molecular weight is 239 g/mol. The number of nitrogens with zero attached hydrogens (tertiary/aromatic N) is 1. The van der Waals surface area contributed by atoms with Gasteiger partial charge in [0.1, 0.15) is 0 Å². The van der Waals surface area contributed by atoms with Crippen LogP contribution in [0.4, 0.5) is 11.4 Å². The Labute approximate surface area is 102 Å². The number of benzene rings is 1. The van der Waals surface area contributed by atoms with Gasteiger partial charge in [0.25, 0.3) is 0 Å². The highest BCUT2D eigenvalue weighted by Gasteiger charge is 2.30. The van der Waals surface area contributed by atoms with E-state index in [2.05, 4.69) is 24.8 Å². The van der Waals surface area contributed by atoms with E-state index < -0.39 is 0 Å². The van der Waals surface area contributed by atoms with Crippen LogP contribution in [0.25, 0.3) is 0 Å². The van der Waals surface area contributed by atoms with Crippen LogP contribution in [0.2, 0.25) is 5.02 Å². The lowest BCUT2D eigenvalue weighted by Gasteiger charge is -2.31. The van der Waals surface area contributed by atoms with Gasteiger partial charge in [-0.2, -0.15) is 0 Å². The number of halogens is 1. The smallest absolute Gasteiger partial charge is 0.0741 e. The largest absolute Gasteiger partial charge is 0.396 e. The van der Waals surface area contributed by atoms with Crippen LogP contribution in [0.1, 0.15) is 33.1 Å². The summed E-state index contributed by atoms with van der Waals surface area (Å²) in [7, 11) is 0. The van der Waals surface area contributed by atoms with E-state index in [1.807, 2.05) is 12.1 Å². The summed E-state index contributed by atoms with van der Waals surface area (Å²) in [5, 5.41) is 0.659. The molecular formula is C13H19ClN2. The highest BCUT2D eigenvalue weighted by Crippen LogP contribution is 2.38. The molecule has 2 rings (SSSR count). The topological polar surface area (TPSA) is 29.3 Å². The summed E-state index contributed by atoms with van der Waals surface area (Å²) < 4.78 is 0. The summed E-state index contributed by atoms with van der Waals surface area (Å²) in [5.74, 6) is 0. The average Bonchev–Trinajstić information content (AvgIpc) is 2.64. The first-order chi connectivity index (χ1) is 7.65. The zero-order valence-corrected chi connectivity index (χ0v) is 10.7. The molecule has 3 heteroatoms. The van der Waals surface area contributed by atoms with Gasteiger partial charge in [0.05, 0.1) is 16.4 Å². The van der Waals surface area contributed by atoms with Crippen molar-refractivity contribution in [2.45, 2.75) is 45.2 Å². The van der Waals surface area contributed by atoms with E-state index in [1.54, 1.807) is 0 Å². The second kappa shape index (κ2) is 4.54. The molecule has 88 valence electrons. The molecule has 2 unspecified atom stereocenters. The van der Waals surface area contributed by atoms with Gasteiger partial charge in [0, 0.05) is 12.1 Å². The molecular weight excluding hydrogens is 220 g/mol. The molecule has 1 fully saturated rings. The molecule has 0 aliphatic carbocycles. The van der Waals surface area contributed by atoms with Crippen LogP contribution in [-0.4, -0.2) is 12.1 Å². The van der Waals surface area contributed by atoms with Gasteiger partial charge in [-0.1, -0.05) is 24.6 Å². The third kappa shape index (κ3) is 1.86. The van der Waals surface area contributed by atoms with Crippen LogP contribution in [0.15, 0.2) is 18.2 Å². The Kier molecular flexibility index (Phi) is 3.29. The van der Waals surface area contributed by atoms with Crippen LogP contribution < -0.4 is 10.6 Å². The van der Waals surface area contributed by atoms with Crippen LogP contribution in [0.5, 0.6) is 0 Å². The first kappa shape index (κ1) is 11.6. The highest BCUT2D eigenvalue weighted by molar-refractivity contribution is 6.33. The van der Waals surface area contributed by atoms with Crippen molar-refractivity contribution in [2.75, 3.05) is 10.6 Å². The normalized spacial score (nSPS) is 25.1.